The number of hydrogen-bond donors (Lipinski definition) is 2. The molecule has 0 atom stereocenters. The first-order valence-corrected chi connectivity index (χ1v) is 7.67. The predicted octanol–water partition coefficient (Wildman–Crippen LogP) is -0.195. The molecule has 0 fully saturated rings. The van der Waals surface area contributed by atoms with Crippen LogP contribution in [-0.4, -0.2) is 16.8 Å². The number of halogens is 1. The Morgan fingerprint density at radius 2 is 1.64 bits per heavy atom. The van der Waals surface area contributed by atoms with E-state index in [9.17, 15) is 16.8 Å². The molecule has 4 N–H and O–H groups in total. The van der Waals surface area contributed by atoms with Gasteiger partial charge in [-0.1, -0.05) is 0 Å². The van der Waals surface area contributed by atoms with Gasteiger partial charge in [0.25, 0.3) is 0 Å². The Labute approximate surface area is 93.1 Å². The molecule has 1 heterocycles. The largest absolute Gasteiger partial charge is 0.247 e. The predicted molar refractivity (Wildman–Crippen MR) is 54.8 cm³/mol. The summed E-state index contributed by atoms with van der Waals surface area (Å²) in [6.07, 6.45) is 0. The minimum Gasteiger partial charge on any atom is -0.225 e. The Balaban J connectivity index is 3.49. The summed E-state index contributed by atoms with van der Waals surface area (Å²) in [7, 11) is -7.83. The lowest BCUT2D eigenvalue weighted by atomic mass is 10.7. The molecule has 0 aliphatic rings. The van der Waals surface area contributed by atoms with Crippen LogP contribution in [0.5, 0.6) is 0 Å². The van der Waals surface area contributed by atoms with E-state index < -0.39 is 20.0 Å². The molecule has 0 aromatic carbocycles. The summed E-state index contributed by atoms with van der Waals surface area (Å²) < 4.78 is 43.4. The molecule has 0 spiro atoms. The number of sulfonamides is 2. The quantitative estimate of drug-likeness (QED) is 0.784. The van der Waals surface area contributed by atoms with Gasteiger partial charge >= 0.3 is 0 Å². The molecule has 0 radical (unpaired) electrons. The Morgan fingerprint density at radius 3 is 1.86 bits per heavy atom. The normalized spacial score (nSPS) is 13.1. The van der Waals surface area contributed by atoms with Crippen LogP contribution in [-0.2, 0) is 20.0 Å². The van der Waals surface area contributed by atoms with Crippen molar-refractivity contribution in [2.45, 2.75) is 9.10 Å². The van der Waals surface area contributed by atoms with E-state index >= 15 is 0 Å². The first-order chi connectivity index (χ1) is 6.12. The van der Waals surface area contributed by atoms with Crippen molar-refractivity contribution in [1.82, 2.24) is 0 Å². The molecule has 0 bridgehead atoms. The van der Waals surface area contributed by atoms with Gasteiger partial charge in [0.15, 0.2) is 0 Å². The molecule has 0 saturated carbocycles. The van der Waals surface area contributed by atoms with Crippen molar-refractivity contribution in [2.24, 2.45) is 10.3 Å². The van der Waals surface area contributed by atoms with Gasteiger partial charge in [-0.3, -0.25) is 0 Å². The van der Waals surface area contributed by atoms with Gasteiger partial charge in [0, 0.05) is 0 Å². The molecule has 1 rings (SSSR count). The van der Waals surface area contributed by atoms with E-state index in [0.29, 0.717) is 11.3 Å². The lowest BCUT2D eigenvalue weighted by Crippen LogP contribution is -2.12. The maximum absolute atomic E-state index is 10.9. The first-order valence-electron chi connectivity index (χ1n) is 2.97. The van der Waals surface area contributed by atoms with Crippen LogP contribution in [0, 0.1) is 0 Å². The summed E-state index contributed by atoms with van der Waals surface area (Å²) in [5.41, 5.74) is 0. The van der Waals surface area contributed by atoms with Crippen molar-refractivity contribution in [1.29, 1.82) is 0 Å². The monoisotopic (exact) mass is 320 g/mol. The highest BCUT2D eigenvalue weighted by molar-refractivity contribution is 9.11. The van der Waals surface area contributed by atoms with Crippen molar-refractivity contribution in [2.75, 3.05) is 0 Å². The van der Waals surface area contributed by atoms with E-state index in [2.05, 4.69) is 15.9 Å². The highest BCUT2D eigenvalue weighted by Gasteiger charge is 2.21. The third-order valence-corrected chi connectivity index (χ3v) is 5.80. The summed E-state index contributed by atoms with van der Waals surface area (Å²) in [6, 6.07) is 0.916. The van der Waals surface area contributed by atoms with Gasteiger partial charge in [-0.2, -0.15) is 0 Å². The summed E-state index contributed by atoms with van der Waals surface area (Å²) in [5, 5.41) is 9.64. The molecule has 0 saturated heterocycles. The Hall–Kier alpha value is -0.0000000000000000833. The van der Waals surface area contributed by atoms with Crippen molar-refractivity contribution in [3.05, 3.63) is 9.85 Å². The molecule has 6 nitrogen and oxygen atoms in total. The highest BCUT2D eigenvalue weighted by atomic mass is 79.9. The van der Waals surface area contributed by atoms with E-state index in [1.54, 1.807) is 0 Å². The molecule has 0 aliphatic carbocycles. The second kappa shape index (κ2) is 3.54. The molecule has 14 heavy (non-hydrogen) atoms. The van der Waals surface area contributed by atoms with Crippen LogP contribution < -0.4 is 10.3 Å². The van der Waals surface area contributed by atoms with Gasteiger partial charge < -0.3 is 0 Å². The van der Waals surface area contributed by atoms with Crippen LogP contribution in [0.3, 0.4) is 0 Å². The van der Waals surface area contributed by atoms with Crippen molar-refractivity contribution >= 4 is 47.3 Å². The van der Waals surface area contributed by atoms with Crippen LogP contribution in [0.15, 0.2) is 19.0 Å². The fraction of sp³-hybridized carbons (Fsp3) is 0. The van der Waals surface area contributed by atoms with Gasteiger partial charge in [-0.05, 0) is 22.0 Å². The van der Waals surface area contributed by atoms with Crippen LogP contribution >= 0.6 is 27.3 Å². The van der Waals surface area contributed by atoms with Gasteiger partial charge in [0.1, 0.15) is 9.10 Å². The minimum atomic E-state index is -3.93. The second-order valence-electron chi connectivity index (χ2n) is 2.29. The molecule has 0 aliphatic heterocycles. The van der Waals surface area contributed by atoms with Gasteiger partial charge in [-0.15, -0.1) is 11.3 Å². The maximum atomic E-state index is 10.9. The van der Waals surface area contributed by atoms with Crippen LogP contribution in [0.4, 0.5) is 0 Å². The molecule has 0 unspecified atom stereocenters. The van der Waals surface area contributed by atoms with Gasteiger partial charge in [0.05, 0.1) is 3.79 Å². The summed E-state index contributed by atoms with van der Waals surface area (Å²) in [6.45, 7) is 0. The fourth-order valence-electron chi connectivity index (χ4n) is 0.666. The number of primary sulfonamides is 2. The average molecular weight is 321 g/mol. The smallest absolute Gasteiger partial charge is 0.225 e. The molecule has 1 aromatic rings. The Bertz CT molecular complexity index is 557. The van der Waals surface area contributed by atoms with Crippen LogP contribution in [0.1, 0.15) is 0 Å². The third kappa shape index (κ3) is 2.52. The zero-order valence-corrected chi connectivity index (χ0v) is 10.5. The minimum absolute atomic E-state index is 0.115. The SMILES string of the molecule is NS(=O)(=O)c1cc(S(N)(=O)=O)c(Br)s1. The average Bonchev–Trinajstić information content (AvgIpc) is 2.27. The topological polar surface area (TPSA) is 120 Å². The van der Waals surface area contributed by atoms with E-state index in [4.69, 9.17) is 10.3 Å². The molecule has 1 aromatic heterocycles. The molecular weight excluding hydrogens is 316 g/mol. The summed E-state index contributed by atoms with van der Waals surface area (Å²) >= 11 is 3.58. The Morgan fingerprint density at radius 1 is 1.14 bits per heavy atom. The van der Waals surface area contributed by atoms with E-state index in [0.717, 1.165) is 6.07 Å². The van der Waals surface area contributed by atoms with Crippen molar-refractivity contribution < 1.29 is 16.8 Å². The highest BCUT2D eigenvalue weighted by Crippen LogP contribution is 2.32. The first kappa shape index (κ1) is 12.1. The summed E-state index contributed by atoms with van der Waals surface area (Å²) in [4.78, 5) is -0.286. The second-order valence-corrected chi connectivity index (χ2v) is 7.98. The lowest BCUT2D eigenvalue weighted by Gasteiger charge is -1.91. The summed E-state index contributed by atoms with van der Waals surface area (Å²) in [5.74, 6) is 0. The molecular formula is C4H5BrN2O4S3. The zero-order chi connectivity index (χ0) is 11.1. The number of nitrogens with two attached hydrogens (primary N) is 2. The third-order valence-electron chi connectivity index (χ3n) is 1.22. The molecule has 0 amide bonds. The fourth-order valence-corrected chi connectivity index (χ4v) is 4.94. The number of hydrogen-bond acceptors (Lipinski definition) is 5. The van der Waals surface area contributed by atoms with Crippen molar-refractivity contribution in [3.63, 3.8) is 0 Å². The molecule has 10 heteroatoms. The van der Waals surface area contributed by atoms with Crippen LogP contribution in [0.25, 0.3) is 0 Å². The van der Waals surface area contributed by atoms with E-state index in [1.165, 1.54) is 0 Å². The number of thiophene rings is 1. The zero-order valence-electron chi connectivity index (χ0n) is 6.47. The van der Waals surface area contributed by atoms with Gasteiger partial charge in [-0.25, -0.2) is 27.1 Å². The van der Waals surface area contributed by atoms with E-state index in [1.807, 2.05) is 0 Å². The standard InChI is InChI=1S/C4H5BrN2O4S3/c5-4-2(13(6,8)9)1-3(12-4)14(7,10)11/h1H,(H2,6,8,9)(H2,7,10,11). The van der Waals surface area contributed by atoms with Crippen LogP contribution in [0.2, 0.25) is 0 Å². The van der Waals surface area contributed by atoms with Crippen molar-refractivity contribution in [3.8, 4) is 0 Å². The molecule has 80 valence electrons. The lowest BCUT2D eigenvalue weighted by molar-refractivity contribution is 0.597. The maximum Gasteiger partial charge on any atom is 0.247 e. The Kier molecular flexibility index (Phi) is 3.05. The van der Waals surface area contributed by atoms with E-state index in [-0.39, 0.29) is 12.9 Å². The van der Waals surface area contributed by atoms with Gasteiger partial charge in [0.2, 0.25) is 20.0 Å². The number of rotatable bonds is 2.